The maximum atomic E-state index is 4.68. The first-order valence-electron chi connectivity index (χ1n) is 7.75. The molecule has 0 radical (unpaired) electrons. The van der Waals surface area contributed by atoms with Gasteiger partial charge in [-0.05, 0) is 38.0 Å². The smallest absolute Gasteiger partial charge is 0.229 e. The first kappa shape index (κ1) is 16.7. The van der Waals surface area contributed by atoms with Gasteiger partial charge < -0.3 is 10.2 Å². The zero-order valence-corrected chi connectivity index (χ0v) is 15.0. The van der Waals surface area contributed by atoms with Crippen LogP contribution in [0, 0.1) is 6.92 Å². The van der Waals surface area contributed by atoms with E-state index in [-0.39, 0.29) is 0 Å². The fraction of sp³-hybridized carbons (Fsp3) is 0.412. The molecule has 0 spiro atoms. The number of rotatable bonds is 7. The Labute approximate surface area is 141 Å². The Morgan fingerprint density at radius 1 is 1.09 bits per heavy atom. The van der Waals surface area contributed by atoms with Crippen LogP contribution in [0.5, 0.6) is 0 Å². The van der Waals surface area contributed by atoms with E-state index in [1.165, 1.54) is 0 Å². The summed E-state index contributed by atoms with van der Waals surface area (Å²) in [5.74, 6) is 1.64. The Morgan fingerprint density at radius 2 is 1.82 bits per heavy atom. The molecular weight excluding hydrogens is 340 g/mol. The van der Waals surface area contributed by atoms with Crippen LogP contribution in [-0.4, -0.2) is 23.1 Å². The molecule has 0 aliphatic heterocycles. The molecule has 22 heavy (non-hydrogen) atoms. The van der Waals surface area contributed by atoms with Gasteiger partial charge in [0.15, 0.2) is 0 Å². The van der Waals surface area contributed by atoms with E-state index in [0.717, 1.165) is 47.6 Å². The number of aryl methyl sites for hydroxylation is 1. The zero-order chi connectivity index (χ0) is 15.9. The lowest BCUT2D eigenvalue weighted by molar-refractivity contribution is 0.732. The van der Waals surface area contributed by atoms with Crippen LogP contribution in [0.4, 0.5) is 17.5 Å². The van der Waals surface area contributed by atoms with Crippen LogP contribution in [0.3, 0.4) is 0 Å². The van der Waals surface area contributed by atoms with Gasteiger partial charge in [-0.3, -0.25) is 0 Å². The molecule has 118 valence electrons. The van der Waals surface area contributed by atoms with Crippen molar-refractivity contribution in [2.24, 2.45) is 0 Å². The third-order valence-corrected chi connectivity index (χ3v) is 3.73. The summed E-state index contributed by atoms with van der Waals surface area (Å²) >= 11 is 3.48. The van der Waals surface area contributed by atoms with Crippen molar-refractivity contribution >= 4 is 33.4 Å². The van der Waals surface area contributed by atoms with Crippen molar-refractivity contribution in [1.82, 2.24) is 9.97 Å². The highest BCUT2D eigenvalue weighted by Gasteiger charge is 2.09. The van der Waals surface area contributed by atoms with Crippen molar-refractivity contribution in [2.45, 2.75) is 33.6 Å². The molecule has 1 N–H and O–H groups in total. The van der Waals surface area contributed by atoms with E-state index < -0.39 is 0 Å². The Kier molecular flexibility index (Phi) is 6.19. The van der Waals surface area contributed by atoms with Crippen LogP contribution in [0.25, 0.3) is 0 Å². The predicted molar refractivity (Wildman–Crippen MR) is 97.0 cm³/mol. The van der Waals surface area contributed by atoms with Crippen molar-refractivity contribution in [3.05, 3.63) is 40.5 Å². The first-order valence-corrected chi connectivity index (χ1v) is 8.55. The minimum Gasteiger partial charge on any atom is -0.356 e. The standard InChI is InChI=1S/C17H23BrN4/c1-4-9-22(10-5-2)16-11-13(3)19-17(21-16)20-15-8-6-7-14(18)12-15/h6-8,11-12H,4-5,9-10H2,1-3H3,(H,19,20,21). The Morgan fingerprint density at radius 3 is 2.45 bits per heavy atom. The molecule has 0 fully saturated rings. The topological polar surface area (TPSA) is 41.1 Å². The van der Waals surface area contributed by atoms with E-state index in [1.807, 2.05) is 31.2 Å². The quantitative estimate of drug-likeness (QED) is 0.758. The van der Waals surface area contributed by atoms with E-state index in [1.54, 1.807) is 0 Å². The molecule has 2 aromatic rings. The van der Waals surface area contributed by atoms with Crippen LogP contribution in [0.15, 0.2) is 34.8 Å². The fourth-order valence-corrected chi connectivity index (χ4v) is 2.75. The highest BCUT2D eigenvalue weighted by molar-refractivity contribution is 9.10. The van der Waals surface area contributed by atoms with E-state index >= 15 is 0 Å². The molecule has 0 aliphatic rings. The summed E-state index contributed by atoms with van der Waals surface area (Å²) in [6.45, 7) is 8.42. The number of nitrogens with zero attached hydrogens (tertiary/aromatic N) is 3. The second-order valence-electron chi connectivity index (χ2n) is 5.31. The summed E-state index contributed by atoms with van der Waals surface area (Å²) in [5.41, 5.74) is 1.95. The van der Waals surface area contributed by atoms with Crippen molar-refractivity contribution in [2.75, 3.05) is 23.3 Å². The minimum atomic E-state index is 0.644. The summed E-state index contributed by atoms with van der Waals surface area (Å²) < 4.78 is 1.03. The fourth-order valence-electron chi connectivity index (χ4n) is 2.35. The van der Waals surface area contributed by atoms with Gasteiger partial charge in [0, 0.05) is 35.0 Å². The number of nitrogens with one attached hydrogen (secondary N) is 1. The number of anilines is 3. The van der Waals surface area contributed by atoms with E-state index in [0.29, 0.717) is 5.95 Å². The second kappa shape index (κ2) is 8.13. The van der Waals surface area contributed by atoms with Gasteiger partial charge in [-0.15, -0.1) is 0 Å². The van der Waals surface area contributed by atoms with Crippen molar-refractivity contribution < 1.29 is 0 Å². The second-order valence-corrected chi connectivity index (χ2v) is 6.23. The minimum absolute atomic E-state index is 0.644. The van der Waals surface area contributed by atoms with Gasteiger partial charge in [0.2, 0.25) is 5.95 Å². The molecule has 1 aromatic carbocycles. The molecule has 1 aromatic heterocycles. The molecule has 4 nitrogen and oxygen atoms in total. The molecule has 5 heteroatoms. The SMILES string of the molecule is CCCN(CCC)c1cc(C)nc(Nc2cccc(Br)c2)n1. The molecule has 0 saturated heterocycles. The van der Waals surface area contributed by atoms with Crippen LogP contribution in [0.1, 0.15) is 32.4 Å². The lowest BCUT2D eigenvalue weighted by Crippen LogP contribution is -2.26. The highest BCUT2D eigenvalue weighted by Crippen LogP contribution is 2.21. The van der Waals surface area contributed by atoms with Crippen molar-refractivity contribution in [3.8, 4) is 0 Å². The van der Waals surface area contributed by atoms with Gasteiger partial charge in [0.05, 0.1) is 0 Å². The molecule has 2 rings (SSSR count). The predicted octanol–water partition coefficient (Wildman–Crippen LogP) is 4.92. The maximum absolute atomic E-state index is 4.68. The normalized spacial score (nSPS) is 10.5. The number of halogens is 1. The van der Waals surface area contributed by atoms with Gasteiger partial charge in [-0.2, -0.15) is 4.98 Å². The molecule has 1 heterocycles. The third-order valence-electron chi connectivity index (χ3n) is 3.23. The molecule has 0 unspecified atom stereocenters. The monoisotopic (exact) mass is 362 g/mol. The highest BCUT2D eigenvalue weighted by atomic mass is 79.9. The van der Waals surface area contributed by atoms with Gasteiger partial charge in [-0.25, -0.2) is 4.98 Å². The van der Waals surface area contributed by atoms with Gasteiger partial charge >= 0.3 is 0 Å². The summed E-state index contributed by atoms with van der Waals surface area (Å²) in [6.07, 6.45) is 2.22. The van der Waals surface area contributed by atoms with Crippen LogP contribution >= 0.6 is 15.9 Å². The maximum Gasteiger partial charge on any atom is 0.229 e. The lowest BCUT2D eigenvalue weighted by atomic mass is 10.3. The van der Waals surface area contributed by atoms with Gasteiger partial charge in [-0.1, -0.05) is 35.8 Å². The molecule has 0 atom stereocenters. The zero-order valence-electron chi connectivity index (χ0n) is 13.4. The molecule has 0 saturated carbocycles. The summed E-state index contributed by atoms with van der Waals surface area (Å²) in [6, 6.07) is 10.1. The molecular formula is C17H23BrN4. The summed E-state index contributed by atoms with van der Waals surface area (Å²) in [7, 11) is 0. The Bertz CT molecular complexity index is 609. The number of benzene rings is 1. The number of aromatic nitrogens is 2. The third kappa shape index (κ3) is 4.70. The Balaban J connectivity index is 2.25. The van der Waals surface area contributed by atoms with Crippen molar-refractivity contribution in [3.63, 3.8) is 0 Å². The lowest BCUT2D eigenvalue weighted by Gasteiger charge is -2.23. The average molecular weight is 363 g/mol. The van der Waals surface area contributed by atoms with Crippen LogP contribution in [-0.2, 0) is 0 Å². The van der Waals surface area contributed by atoms with Gasteiger partial charge in [0.1, 0.15) is 5.82 Å². The van der Waals surface area contributed by atoms with E-state index in [9.17, 15) is 0 Å². The van der Waals surface area contributed by atoms with Crippen molar-refractivity contribution in [1.29, 1.82) is 0 Å². The summed E-state index contributed by atoms with van der Waals surface area (Å²) in [4.78, 5) is 11.5. The largest absolute Gasteiger partial charge is 0.356 e. The van der Waals surface area contributed by atoms with Crippen LogP contribution < -0.4 is 10.2 Å². The van der Waals surface area contributed by atoms with Crippen LogP contribution in [0.2, 0.25) is 0 Å². The molecule has 0 aliphatic carbocycles. The Hall–Kier alpha value is -1.62. The molecule has 0 amide bonds. The van der Waals surface area contributed by atoms with Gasteiger partial charge in [0.25, 0.3) is 0 Å². The summed E-state index contributed by atoms with van der Waals surface area (Å²) in [5, 5.41) is 3.29. The van der Waals surface area contributed by atoms with E-state index in [2.05, 4.69) is 56.0 Å². The number of hydrogen-bond donors (Lipinski definition) is 1. The molecule has 0 bridgehead atoms. The first-order chi connectivity index (χ1) is 10.6. The average Bonchev–Trinajstić information content (AvgIpc) is 2.46. The number of hydrogen-bond acceptors (Lipinski definition) is 4. The van der Waals surface area contributed by atoms with E-state index in [4.69, 9.17) is 0 Å².